The topological polar surface area (TPSA) is 60.2 Å². The summed E-state index contributed by atoms with van der Waals surface area (Å²) >= 11 is 1.36. The van der Waals surface area contributed by atoms with E-state index in [9.17, 15) is 9.18 Å². The van der Waals surface area contributed by atoms with Gasteiger partial charge in [-0.3, -0.25) is 4.79 Å². The van der Waals surface area contributed by atoms with E-state index in [1.165, 1.54) is 23.9 Å². The Kier molecular flexibility index (Phi) is 5.70. The summed E-state index contributed by atoms with van der Waals surface area (Å²) in [6.07, 6.45) is 1.03. The van der Waals surface area contributed by atoms with E-state index in [1.54, 1.807) is 12.1 Å². The molecule has 1 aromatic heterocycles. The maximum atomic E-state index is 13.0. The molecule has 25 heavy (non-hydrogen) atoms. The van der Waals surface area contributed by atoms with Crippen LogP contribution in [0.1, 0.15) is 13.3 Å². The van der Waals surface area contributed by atoms with E-state index >= 15 is 0 Å². The SMILES string of the molecule is CC[C@@H]1CN(C(=O)CSc2nnc(-c3ccc(F)cc3)n2C)CCO1. The van der Waals surface area contributed by atoms with Crippen LogP contribution < -0.4 is 0 Å². The Morgan fingerprint density at radius 3 is 2.84 bits per heavy atom. The molecule has 134 valence electrons. The van der Waals surface area contributed by atoms with Gasteiger partial charge in [0.1, 0.15) is 5.82 Å². The van der Waals surface area contributed by atoms with Crippen molar-refractivity contribution in [2.45, 2.75) is 24.6 Å². The van der Waals surface area contributed by atoms with Crippen LogP contribution in [0.5, 0.6) is 0 Å². The zero-order valence-corrected chi connectivity index (χ0v) is 15.1. The number of nitrogens with zero attached hydrogens (tertiary/aromatic N) is 4. The number of carbonyl (C=O) groups is 1. The van der Waals surface area contributed by atoms with E-state index in [1.807, 2.05) is 16.5 Å². The molecule has 1 aliphatic heterocycles. The van der Waals surface area contributed by atoms with Crippen molar-refractivity contribution in [1.29, 1.82) is 0 Å². The van der Waals surface area contributed by atoms with E-state index in [-0.39, 0.29) is 17.8 Å². The third kappa shape index (κ3) is 4.19. The number of rotatable bonds is 5. The van der Waals surface area contributed by atoms with Gasteiger partial charge in [0.2, 0.25) is 5.91 Å². The lowest BCUT2D eigenvalue weighted by Crippen LogP contribution is -2.46. The molecule has 1 saturated heterocycles. The van der Waals surface area contributed by atoms with Gasteiger partial charge >= 0.3 is 0 Å². The zero-order valence-electron chi connectivity index (χ0n) is 14.3. The molecule has 1 aliphatic rings. The Morgan fingerprint density at radius 2 is 2.12 bits per heavy atom. The third-order valence-corrected chi connectivity index (χ3v) is 5.21. The monoisotopic (exact) mass is 364 g/mol. The predicted octanol–water partition coefficient (Wildman–Crippen LogP) is 2.35. The highest BCUT2D eigenvalue weighted by atomic mass is 32.2. The van der Waals surface area contributed by atoms with Crippen LogP contribution in [0.3, 0.4) is 0 Å². The second-order valence-corrected chi connectivity index (χ2v) is 6.84. The van der Waals surface area contributed by atoms with E-state index in [0.29, 0.717) is 36.4 Å². The lowest BCUT2D eigenvalue weighted by Gasteiger charge is -2.32. The molecule has 0 aliphatic carbocycles. The molecule has 3 rings (SSSR count). The lowest BCUT2D eigenvalue weighted by atomic mass is 10.2. The molecule has 1 fully saturated rings. The molecule has 0 radical (unpaired) electrons. The van der Waals surface area contributed by atoms with Gasteiger partial charge in [0.15, 0.2) is 11.0 Å². The van der Waals surface area contributed by atoms with Crippen LogP contribution in [0.4, 0.5) is 4.39 Å². The molecule has 0 N–H and O–H groups in total. The molecule has 6 nitrogen and oxygen atoms in total. The molecule has 0 spiro atoms. The fraction of sp³-hybridized carbons (Fsp3) is 0.471. The summed E-state index contributed by atoms with van der Waals surface area (Å²) in [6, 6.07) is 6.11. The maximum Gasteiger partial charge on any atom is 0.233 e. The van der Waals surface area contributed by atoms with Crippen molar-refractivity contribution >= 4 is 17.7 Å². The molecule has 0 unspecified atom stereocenters. The highest BCUT2D eigenvalue weighted by Crippen LogP contribution is 2.23. The van der Waals surface area contributed by atoms with Crippen molar-refractivity contribution < 1.29 is 13.9 Å². The van der Waals surface area contributed by atoms with Crippen molar-refractivity contribution in [3.05, 3.63) is 30.1 Å². The number of hydrogen-bond donors (Lipinski definition) is 0. The molecule has 0 saturated carbocycles. The summed E-state index contributed by atoms with van der Waals surface area (Å²) in [4.78, 5) is 14.3. The van der Waals surface area contributed by atoms with Crippen LogP contribution in [0.25, 0.3) is 11.4 Å². The molecule has 8 heteroatoms. The van der Waals surface area contributed by atoms with Gasteiger partial charge in [-0.1, -0.05) is 18.7 Å². The fourth-order valence-electron chi connectivity index (χ4n) is 2.70. The summed E-state index contributed by atoms with van der Waals surface area (Å²) in [5.41, 5.74) is 0.786. The highest BCUT2D eigenvalue weighted by Gasteiger charge is 2.23. The van der Waals surface area contributed by atoms with Crippen molar-refractivity contribution in [3.8, 4) is 11.4 Å². The summed E-state index contributed by atoms with van der Waals surface area (Å²) in [5.74, 6) is 0.749. The van der Waals surface area contributed by atoms with Crippen molar-refractivity contribution in [3.63, 3.8) is 0 Å². The summed E-state index contributed by atoms with van der Waals surface area (Å²) < 4.78 is 20.5. The molecule has 2 aromatic rings. The number of halogens is 1. The van der Waals surface area contributed by atoms with E-state index in [2.05, 4.69) is 17.1 Å². The van der Waals surface area contributed by atoms with Gasteiger partial charge in [-0.05, 0) is 30.7 Å². The molecule has 0 bridgehead atoms. The predicted molar refractivity (Wildman–Crippen MR) is 93.7 cm³/mol. The first-order chi connectivity index (χ1) is 12.1. The number of amides is 1. The number of hydrogen-bond acceptors (Lipinski definition) is 5. The Hall–Kier alpha value is -1.93. The van der Waals surface area contributed by atoms with Crippen LogP contribution in [-0.2, 0) is 16.6 Å². The summed E-state index contributed by atoms with van der Waals surface area (Å²) in [6.45, 7) is 3.93. The summed E-state index contributed by atoms with van der Waals surface area (Å²) in [7, 11) is 1.84. The van der Waals surface area contributed by atoms with E-state index in [0.717, 1.165) is 12.0 Å². The molecular formula is C17H21FN4O2S. The smallest absolute Gasteiger partial charge is 0.233 e. The minimum Gasteiger partial charge on any atom is -0.375 e. The average molecular weight is 364 g/mol. The van der Waals surface area contributed by atoms with Gasteiger partial charge < -0.3 is 14.2 Å². The normalized spacial score (nSPS) is 17.7. The molecule has 1 aromatic carbocycles. The third-order valence-electron chi connectivity index (χ3n) is 4.21. The Balaban J connectivity index is 1.62. The van der Waals surface area contributed by atoms with Gasteiger partial charge in [0.25, 0.3) is 0 Å². The number of thioether (sulfide) groups is 1. The van der Waals surface area contributed by atoms with Crippen LogP contribution in [0.2, 0.25) is 0 Å². The number of benzene rings is 1. The first-order valence-corrected chi connectivity index (χ1v) is 9.24. The molecule has 2 heterocycles. The van der Waals surface area contributed by atoms with Crippen LogP contribution in [-0.4, -0.2) is 57.1 Å². The maximum absolute atomic E-state index is 13.0. The highest BCUT2D eigenvalue weighted by molar-refractivity contribution is 7.99. The largest absolute Gasteiger partial charge is 0.375 e. The first kappa shape index (κ1) is 17.9. The number of ether oxygens (including phenoxy) is 1. The second kappa shape index (κ2) is 7.97. The fourth-order valence-corrected chi connectivity index (χ4v) is 3.52. The quantitative estimate of drug-likeness (QED) is 0.762. The van der Waals surface area contributed by atoms with Crippen molar-refractivity contribution in [1.82, 2.24) is 19.7 Å². The standard InChI is InChI=1S/C17H21FN4O2S/c1-3-14-10-22(8-9-24-14)15(23)11-25-17-20-19-16(21(17)2)12-4-6-13(18)7-5-12/h4-7,14H,3,8-11H2,1-2H3/t14-/m1/s1. The second-order valence-electron chi connectivity index (χ2n) is 5.90. The Morgan fingerprint density at radius 1 is 1.36 bits per heavy atom. The van der Waals surface area contributed by atoms with Crippen molar-refractivity contribution in [2.75, 3.05) is 25.4 Å². The van der Waals surface area contributed by atoms with Gasteiger partial charge in [-0.2, -0.15) is 0 Å². The lowest BCUT2D eigenvalue weighted by molar-refractivity contribution is -0.135. The van der Waals surface area contributed by atoms with Crippen LogP contribution >= 0.6 is 11.8 Å². The van der Waals surface area contributed by atoms with Gasteiger partial charge in [0.05, 0.1) is 18.5 Å². The number of morpholine rings is 1. The molecule has 1 atom stereocenters. The number of aromatic nitrogens is 3. The first-order valence-electron chi connectivity index (χ1n) is 8.26. The average Bonchev–Trinajstić information content (AvgIpc) is 3.01. The van der Waals surface area contributed by atoms with Gasteiger partial charge in [-0.25, -0.2) is 4.39 Å². The van der Waals surface area contributed by atoms with Gasteiger partial charge in [-0.15, -0.1) is 10.2 Å². The molecular weight excluding hydrogens is 343 g/mol. The van der Waals surface area contributed by atoms with Crippen LogP contribution in [0.15, 0.2) is 29.4 Å². The van der Waals surface area contributed by atoms with Crippen LogP contribution in [0, 0.1) is 5.82 Å². The molecule has 1 amide bonds. The van der Waals surface area contributed by atoms with Gasteiger partial charge in [0, 0.05) is 25.7 Å². The zero-order chi connectivity index (χ0) is 17.8. The minimum atomic E-state index is -0.290. The Labute approximate surface area is 150 Å². The van der Waals surface area contributed by atoms with E-state index in [4.69, 9.17) is 4.74 Å². The van der Waals surface area contributed by atoms with E-state index < -0.39 is 0 Å². The number of carbonyl (C=O) groups excluding carboxylic acids is 1. The Bertz CT molecular complexity index is 735. The summed E-state index contributed by atoms with van der Waals surface area (Å²) in [5, 5.41) is 8.97. The minimum absolute atomic E-state index is 0.0816. The van der Waals surface area contributed by atoms with Crippen molar-refractivity contribution in [2.24, 2.45) is 7.05 Å².